The maximum absolute atomic E-state index is 9.29. The fourth-order valence-electron chi connectivity index (χ4n) is 1.57. The molecule has 0 atom stereocenters. The minimum absolute atomic E-state index is 0.104. The molecule has 0 fully saturated rings. The van der Waals surface area contributed by atoms with Crippen molar-refractivity contribution in [3.05, 3.63) is 10.6 Å². The third-order valence-corrected chi connectivity index (χ3v) is 3.75. The first-order valence-electron chi connectivity index (χ1n) is 5.91. The lowest BCUT2D eigenvalue weighted by Gasteiger charge is -2.14. The molecule has 0 radical (unpaired) electrons. The topological polar surface area (TPSA) is 36.4 Å². The maximum Gasteiger partial charge on any atom is 0.185 e. The van der Waals surface area contributed by atoms with E-state index >= 15 is 0 Å². The van der Waals surface area contributed by atoms with Crippen LogP contribution in [0, 0.1) is 0 Å². The zero-order valence-electron chi connectivity index (χ0n) is 10.7. The molecule has 4 heteroatoms. The number of aliphatic hydroxyl groups is 1. The number of aliphatic hydroxyl groups excluding tert-OH is 1. The molecule has 0 bridgehead atoms. The number of anilines is 1. The van der Waals surface area contributed by atoms with Crippen molar-refractivity contribution in [3.63, 3.8) is 0 Å². The van der Waals surface area contributed by atoms with Crippen molar-refractivity contribution in [2.24, 2.45) is 0 Å². The maximum atomic E-state index is 9.29. The summed E-state index contributed by atoms with van der Waals surface area (Å²) in [6.45, 7) is 7.56. The van der Waals surface area contributed by atoms with E-state index in [1.165, 1.54) is 12.8 Å². The van der Waals surface area contributed by atoms with Gasteiger partial charge in [-0.05, 0) is 12.3 Å². The Morgan fingerprint density at radius 2 is 2.12 bits per heavy atom. The molecule has 0 amide bonds. The van der Waals surface area contributed by atoms with Crippen LogP contribution in [0.1, 0.15) is 50.1 Å². The fraction of sp³-hybridized carbons (Fsp3) is 0.750. The third-order valence-electron chi connectivity index (χ3n) is 2.58. The highest BCUT2D eigenvalue weighted by atomic mass is 32.1. The number of rotatable bonds is 6. The van der Waals surface area contributed by atoms with Gasteiger partial charge in [-0.15, -0.1) is 0 Å². The van der Waals surface area contributed by atoms with Gasteiger partial charge in [0.25, 0.3) is 0 Å². The van der Waals surface area contributed by atoms with Crippen LogP contribution in [0.2, 0.25) is 0 Å². The van der Waals surface area contributed by atoms with Gasteiger partial charge in [0.05, 0.1) is 17.2 Å². The first-order valence-corrected chi connectivity index (χ1v) is 6.73. The Balaban J connectivity index is 2.81. The number of thiazole rings is 1. The average molecular weight is 242 g/mol. The Bertz CT molecular complexity index is 323. The zero-order chi connectivity index (χ0) is 12.1. The first-order chi connectivity index (χ1) is 7.60. The normalized spacial score (nSPS) is 11.1. The number of aromatic nitrogens is 1. The van der Waals surface area contributed by atoms with E-state index < -0.39 is 0 Å². The number of hydrogen-bond donors (Lipinski definition) is 1. The summed E-state index contributed by atoms with van der Waals surface area (Å²) in [6.07, 6.45) is 2.38. The molecule has 1 N–H and O–H groups in total. The second-order valence-electron chi connectivity index (χ2n) is 4.39. The van der Waals surface area contributed by atoms with Crippen molar-refractivity contribution in [1.82, 2.24) is 4.98 Å². The smallest absolute Gasteiger partial charge is 0.185 e. The lowest BCUT2D eigenvalue weighted by molar-refractivity contribution is 0.283. The average Bonchev–Trinajstić information content (AvgIpc) is 2.69. The van der Waals surface area contributed by atoms with Crippen molar-refractivity contribution in [3.8, 4) is 0 Å². The van der Waals surface area contributed by atoms with Gasteiger partial charge in [-0.1, -0.05) is 38.5 Å². The Morgan fingerprint density at radius 1 is 1.44 bits per heavy atom. The zero-order valence-corrected chi connectivity index (χ0v) is 11.5. The van der Waals surface area contributed by atoms with Crippen LogP contribution in [0.4, 0.5) is 5.13 Å². The fourth-order valence-corrected chi connectivity index (χ4v) is 2.63. The molecular weight excluding hydrogens is 220 g/mol. The number of hydrogen-bond acceptors (Lipinski definition) is 4. The predicted molar refractivity (Wildman–Crippen MR) is 70.3 cm³/mol. The van der Waals surface area contributed by atoms with Gasteiger partial charge < -0.3 is 10.0 Å². The van der Waals surface area contributed by atoms with Gasteiger partial charge in [-0.25, -0.2) is 4.98 Å². The summed E-state index contributed by atoms with van der Waals surface area (Å²) in [6, 6.07) is 0. The molecule has 1 rings (SSSR count). The molecule has 3 nitrogen and oxygen atoms in total. The third kappa shape index (κ3) is 3.19. The highest BCUT2D eigenvalue weighted by molar-refractivity contribution is 7.15. The summed E-state index contributed by atoms with van der Waals surface area (Å²) in [7, 11) is 2.07. The van der Waals surface area contributed by atoms with Crippen LogP contribution < -0.4 is 4.90 Å². The summed E-state index contributed by atoms with van der Waals surface area (Å²) in [5.41, 5.74) is 1.05. The molecule has 1 aromatic heterocycles. The highest BCUT2D eigenvalue weighted by Crippen LogP contribution is 2.30. The second kappa shape index (κ2) is 6.21. The minimum Gasteiger partial charge on any atom is -0.391 e. The van der Waals surface area contributed by atoms with Gasteiger partial charge in [0.1, 0.15) is 0 Å². The molecular formula is C12H22N2OS. The van der Waals surface area contributed by atoms with Crippen LogP contribution in [0.5, 0.6) is 0 Å². The van der Waals surface area contributed by atoms with E-state index in [2.05, 4.69) is 37.7 Å². The molecule has 0 saturated carbocycles. The molecule has 0 aliphatic carbocycles. The van der Waals surface area contributed by atoms with E-state index in [1.54, 1.807) is 11.3 Å². The van der Waals surface area contributed by atoms with E-state index in [-0.39, 0.29) is 6.61 Å². The van der Waals surface area contributed by atoms with Crippen molar-refractivity contribution in [2.75, 3.05) is 18.5 Å². The van der Waals surface area contributed by atoms with E-state index in [9.17, 15) is 5.11 Å². The lowest BCUT2D eigenvalue weighted by atomic mass is 10.1. The largest absolute Gasteiger partial charge is 0.391 e. The quantitative estimate of drug-likeness (QED) is 0.833. The molecule has 0 unspecified atom stereocenters. The molecule has 0 aliphatic heterocycles. The number of nitrogens with zero attached hydrogens (tertiary/aromatic N) is 2. The van der Waals surface area contributed by atoms with Crippen molar-refractivity contribution in [1.29, 1.82) is 0 Å². The SMILES string of the molecule is CCCCN(C)c1nc(C(C)C)c(CO)s1. The van der Waals surface area contributed by atoms with Crippen LogP contribution in [0.15, 0.2) is 0 Å². The van der Waals surface area contributed by atoms with Crippen LogP contribution in [0.25, 0.3) is 0 Å². The molecule has 1 heterocycles. The van der Waals surface area contributed by atoms with Crippen molar-refractivity contribution < 1.29 is 5.11 Å². The van der Waals surface area contributed by atoms with E-state index in [1.807, 2.05) is 0 Å². The Labute approximate surface area is 102 Å². The van der Waals surface area contributed by atoms with Gasteiger partial charge in [0.2, 0.25) is 0 Å². The Morgan fingerprint density at radius 3 is 2.56 bits per heavy atom. The standard InChI is InChI=1S/C12H22N2OS/c1-5-6-7-14(4)12-13-11(9(2)3)10(8-15)16-12/h9,15H,5-8H2,1-4H3. The van der Waals surface area contributed by atoms with Crippen LogP contribution in [-0.2, 0) is 6.61 Å². The predicted octanol–water partition coefficient (Wildman–Crippen LogP) is 3.00. The van der Waals surface area contributed by atoms with E-state index in [0.717, 1.165) is 22.2 Å². The van der Waals surface area contributed by atoms with E-state index in [4.69, 9.17) is 0 Å². The summed E-state index contributed by atoms with van der Waals surface area (Å²) in [5, 5.41) is 10.3. The lowest BCUT2D eigenvalue weighted by Crippen LogP contribution is -2.18. The Hall–Kier alpha value is -0.610. The molecule has 0 spiro atoms. The molecule has 92 valence electrons. The van der Waals surface area contributed by atoms with Crippen LogP contribution >= 0.6 is 11.3 Å². The van der Waals surface area contributed by atoms with Crippen LogP contribution in [-0.4, -0.2) is 23.7 Å². The Kier molecular flexibility index (Phi) is 5.22. The van der Waals surface area contributed by atoms with Gasteiger partial charge in [-0.3, -0.25) is 0 Å². The summed E-state index contributed by atoms with van der Waals surface area (Å²) >= 11 is 1.61. The van der Waals surface area contributed by atoms with Crippen LogP contribution in [0.3, 0.4) is 0 Å². The summed E-state index contributed by atoms with van der Waals surface area (Å²) < 4.78 is 0. The molecule has 16 heavy (non-hydrogen) atoms. The number of unbranched alkanes of at least 4 members (excludes halogenated alkanes) is 1. The molecule has 0 saturated heterocycles. The molecule has 1 aromatic rings. The monoisotopic (exact) mass is 242 g/mol. The van der Waals surface area contributed by atoms with Crippen molar-refractivity contribution in [2.45, 2.75) is 46.1 Å². The van der Waals surface area contributed by atoms with Crippen molar-refractivity contribution >= 4 is 16.5 Å². The highest BCUT2D eigenvalue weighted by Gasteiger charge is 2.15. The summed E-state index contributed by atoms with van der Waals surface area (Å²) in [4.78, 5) is 7.81. The van der Waals surface area contributed by atoms with Gasteiger partial charge in [0.15, 0.2) is 5.13 Å². The van der Waals surface area contributed by atoms with E-state index in [0.29, 0.717) is 5.92 Å². The molecule has 0 aromatic carbocycles. The minimum atomic E-state index is 0.104. The summed E-state index contributed by atoms with van der Waals surface area (Å²) in [5.74, 6) is 0.381. The van der Waals surface area contributed by atoms with Gasteiger partial charge in [0, 0.05) is 13.6 Å². The van der Waals surface area contributed by atoms with Gasteiger partial charge >= 0.3 is 0 Å². The first kappa shape index (κ1) is 13.5. The second-order valence-corrected chi connectivity index (χ2v) is 5.45. The van der Waals surface area contributed by atoms with Gasteiger partial charge in [-0.2, -0.15) is 0 Å². The molecule has 0 aliphatic rings.